The highest BCUT2D eigenvalue weighted by atomic mass is 35.5. The molecule has 2 heterocycles. The van der Waals surface area contributed by atoms with Gasteiger partial charge in [0.15, 0.2) is 0 Å². The van der Waals surface area contributed by atoms with Crippen molar-refractivity contribution in [2.45, 2.75) is 25.8 Å². The molecule has 2 amide bonds. The third kappa shape index (κ3) is 5.65. The van der Waals surface area contributed by atoms with Crippen molar-refractivity contribution in [1.29, 1.82) is 0 Å². The molecule has 2 rings (SSSR count). The molecule has 1 saturated heterocycles. The molecule has 1 aromatic rings. The Balaban J connectivity index is 0.00000220. The normalized spacial score (nSPS) is 18.0. The maximum Gasteiger partial charge on any atom is 0.252 e. The van der Waals surface area contributed by atoms with Crippen LogP contribution in [0.2, 0.25) is 0 Å². The number of nitrogens with one attached hydrogen (secondary N) is 2. The predicted octanol–water partition coefficient (Wildman–Crippen LogP) is 1.50. The van der Waals surface area contributed by atoms with Gasteiger partial charge < -0.3 is 15.5 Å². The van der Waals surface area contributed by atoms with Crippen LogP contribution in [0.4, 0.5) is 0 Å². The molecule has 1 aliphatic heterocycles. The third-order valence-electron chi connectivity index (χ3n) is 3.36. The van der Waals surface area contributed by atoms with Crippen LogP contribution in [0.25, 0.3) is 0 Å². The molecule has 1 unspecified atom stereocenters. The molecule has 0 radical (unpaired) electrons. The quantitative estimate of drug-likeness (QED) is 0.804. The number of thiophene rings is 1. The summed E-state index contributed by atoms with van der Waals surface area (Å²) < 4.78 is 0. The van der Waals surface area contributed by atoms with Crippen LogP contribution in [0.1, 0.15) is 30.1 Å². The zero-order valence-electron chi connectivity index (χ0n) is 12.1. The fourth-order valence-electron chi connectivity index (χ4n) is 2.25. The van der Waals surface area contributed by atoms with Gasteiger partial charge in [0.2, 0.25) is 5.91 Å². The highest BCUT2D eigenvalue weighted by Gasteiger charge is 2.19. The number of carbonyl (C=O) groups excluding carboxylic acids is 2. The monoisotopic (exact) mass is 331 g/mol. The second-order valence-corrected chi connectivity index (χ2v) is 5.85. The highest BCUT2D eigenvalue weighted by molar-refractivity contribution is 7.08. The Morgan fingerprint density at radius 3 is 3.00 bits per heavy atom. The molecule has 0 aromatic carbocycles. The van der Waals surface area contributed by atoms with Crippen LogP contribution in [-0.2, 0) is 4.79 Å². The lowest BCUT2D eigenvalue weighted by molar-refractivity contribution is -0.132. The van der Waals surface area contributed by atoms with Gasteiger partial charge in [0.05, 0.1) is 0 Å². The first-order valence-electron chi connectivity index (χ1n) is 6.98. The average molecular weight is 332 g/mol. The lowest BCUT2D eigenvalue weighted by Crippen LogP contribution is -2.51. The summed E-state index contributed by atoms with van der Waals surface area (Å²) in [6.07, 6.45) is 1.18. The van der Waals surface area contributed by atoms with Gasteiger partial charge in [0.25, 0.3) is 5.91 Å². The van der Waals surface area contributed by atoms with Crippen LogP contribution < -0.4 is 10.6 Å². The molecule has 2 N–H and O–H groups in total. The summed E-state index contributed by atoms with van der Waals surface area (Å²) in [7, 11) is 0. The number of hydrogen-bond donors (Lipinski definition) is 2. The average Bonchev–Trinajstić information content (AvgIpc) is 2.97. The van der Waals surface area contributed by atoms with Crippen LogP contribution in [0.5, 0.6) is 0 Å². The highest BCUT2D eigenvalue weighted by Crippen LogP contribution is 2.06. The zero-order chi connectivity index (χ0) is 14.4. The Bertz CT molecular complexity index is 453. The number of hydrogen-bond acceptors (Lipinski definition) is 4. The van der Waals surface area contributed by atoms with E-state index in [0.717, 1.165) is 19.6 Å². The van der Waals surface area contributed by atoms with E-state index < -0.39 is 0 Å². The van der Waals surface area contributed by atoms with E-state index in [4.69, 9.17) is 0 Å². The van der Waals surface area contributed by atoms with Crippen molar-refractivity contribution >= 4 is 35.6 Å². The summed E-state index contributed by atoms with van der Waals surface area (Å²) in [5.74, 6) is 0.123. The van der Waals surface area contributed by atoms with Crippen LogP contribution in [0.3, 0.4) is 0 Å². The molecule has 1 aromatic heterocycles. The fourth-order valence-corrected chi connectivity index (χ4v) is 2.89. The van der Waals surface area contributed by atoms with Crippen LogP contribution in [0.15, 0.2) is 16.8 Å². The van der Waals surface area contributed by atoms with Crippen LogP contribution in [0, 0.1) is 0 Å². The second kappa shape index (κ2) is 9.02. The Kier molecular flexibility index (Phi) is 7.71. The van der Waals surface area contributed by atoms with Crippen molar-refractivity contribution in [3.63, 3.8) is 0 Å². The summed E-state index contributed by atoms with van der Waals surface area (Å²) in [6.45, 7) is 5.05. The van der Waals surface area contributed by atoms with Crippen molar-refractivity contribution in [3.8, 4) is 0 Å². The molecule has 118 valence electrons. The number of rotatable bonds is 5. The van der Waals surface area contributed by atoms with Gasteiger partial charge in [-0.2, -0.15) is 11.3 Å². The Labute approximate surface area is 135 Å². The Hall–Kier alpha value is -1.11. The van der Waals surface area contributed by atoms with Crippen molar-refractivity contribution in [1.82, 2.24) is 15.5 Å². The van der Waals surface area contributed by atoms with Gasteiger partial charge >= 0.3 is 0 Å². The van der Waals surface area contributed by atoms with E-state index in [9.17, 15) is 9.59 Å². The number of carbonyl (C=O) groups is 2. The molecule has 1 aliphatic rings. The van der Waals surface area contributed by atoms with E-state index in [0.29, 0.717) is 31.0 Å². The Morgan fingerprint density at radius 2 is 2.33 bits per heavy atom. The molecule has 5 nitrogen and oxygen atoms in total. The van der Waals surface area contributed by atoms with Gasteiger partial charge in [-0.3, -0.25) is 9.59 Å². The molecule has 0 saturated carbocycles. The lowest BCUT2D eigenvalue weighted by atomic mass is 10.2. The summed E-state index contributed by atoms with van der Waals surface area (Å²) in [6, 6.07) is 2.17. The van der Waals surface area contributed by atoms with E-state index in [2.05, 4.69) is 17.6 Å². The van der Waals surface area contributed by atoms with Gasteiger partial charge in [-0.15, -0.1) is 12.4 Å². The summed E-state index contributed by atoms with van der Waals surface area (Å²) >= 11 is 1.50. The Morgan fingerprint density at radius 1 is 1.52 bits per heavy atom. The largest absolute Gasteiger partial charge is 0.352 e. The standard InChI is InChI=1S/C14H21N3O2S.ClH/c1-11-9-17(7-6-15-11)13(18)3-2-5-16-14(19)12-4-8-20-10-12;/h4,8,10-11,15H,2-3,5-7,9H2,1H3,(H,16,19);1H. The van der Waals surface area contributed by atoms with Gasteiger partial charge in [0.1, 0.15) is 0 Å². The first-order valence-corrected chi connectivity index (χ1v) is 7.92. The van der Waals surface area contributed by atoms with Crippen molar-refractivity contribution in [3.05, 3.63) is 22.4 Å². The topological polar surface area (TPSA) is 61.4 Å². The van der Waals surface area contributed by atoms with E-state index in [1.165, 1.54) is 11.3 Å². The minimum Gasteiger partial charge on any atom is -0.352 e. The zero-order valence-corrected chi connectivity index (χ0v) is 13.8. The number of piperazine rings is 1. The lowest BCUT2D eigenvalue weighted by Gasteiger charge is -2.32. The van der Waals surface area contributed by atoms with Crippen LogP contribution in [-0.4, -0.2) is 48.9 Å². The van der Waals surface area contributed by atoms with Gasteiger partial charge in [0, 0.05) is 49.6 Å². The van der Waals surface area contributed by atoms with Crippen LogP contribution >= 0.6 is 23.7 Å². The van der Waals surface area contributed by atoms with E-state index in [-0.39, 0.29) is 24.2 Å². The molecule has 1 fully saturated rings. The molecule has 1 atom stereocenters. The van der Waals surface area contributed by atoms with E-state index in [1.54, 1.807) is 6.07 Å². The first-order chi connectivity index (χ1) is 9.66. The van der Waals surface area contributed by atoms with E-state index >= 15 is 0 Å². The smallest absolute Gasteiger partial charge is 0.252 e. The second-order valence-electron chi connectivity index (χ2n) is 5.07. The number of nitrogens with zero attached hydrogens (tertiary/aromatic N) is 1. The predicted molar refractivity (Wildman–Crippen MR) is 87.2 cm³/mol. The van der Waals surface area contributed by atoms with Gasteiger partial charge in [-0.05, 0) is 24.8 Å². The van der Waals surface area contributed by atoms with Gasteiger partial charge in [-0.25, -0.2) is 0 Å². The molecule has 0 aliphatic carbocycles. The first kappa shape index (κ1) is 17.9. The third-order valence-corrected chi connectivity index (χ3v) is 4.04. The summed E-state index contributed by atoms with van der Waals surface area (Å²) in [5.41, 5.74) is 0.692. The maximum atomic E-state index is 12.0. The maximum absolute atomic E-state index is 12.0. The number of amides is 2. The molecule has 0 bridgehead atoms. The molecular formula is C14H22ClN3O2S. The molecule has 0 spiro atoms. The summed E-state index contributed by atoms with van der Waals surface area (Å²) in [5, 5.41) is 9.85. The van der Waals surface area contributed by atoms with Gasteiger partial charge in [-0.1, -0.05) is 0 Å². The van der Waals surface area contributed by atoms with Crippen molar-refractivity contribution in [2.75, 3.05) is 26.2 Å². The van der Waals surface area contributed by atoms with Crippen molar-refractivity contribution < 1.29 is 9.59 Å². The minimum atomic E-state index is -0.0607. The minimum absolute atomic E-state index is 0. The molecule has 21 heavy (non-hydrogen) atoms. The van der Waals surface area contributed by atoms with E-state index in [1.807, 2.05) is 15.7 Å². The SMILES string of the molecule is CC1CN(C(=O)CCCNC(=O)c2ccsc2)CCN1.Cl. The fraction of sp³-hybridized carbons (Fsp3) is 0.571. The van der Waals surface area contributed by atoms with Crippen molar-refractivity contribution in [2.24, 2.45) is 0 Å². The molecule has 7 heteroatoms. The molecular weight excluding hydrogens is 310 g/mol. The number of halogens is 1. The summed E-state index contributed by atoms with van der Waals surface area (Å²) in [4.78, 5) is 25.6.